The minimum atomic E-state index is -0.491. The lowest BCUT2D eigenvalue weighted by molar-refractivity contribution is -0.137. The third-order valence-corrected chi connectivity index (χ3v) is 6.43. The summed E-state index contributed by atoms with van der Waals surface area (Å²) in [7, 11) is 1.48. The van der Waals surface area contributed by atoms with Crippen LogP contribution in [0, 0.1) is 0 Å². The molecule has 2 heterocycles. The van der Waals surface area contributed by atoms with Crippen LogP contribution in [-0.2, 0) is 14.9 Å². The van der Waals surface area contributed by atoms with E-state index < -0.39 is 5.97 Å². The second-order valence-electron chi connectivity index (χ2n) is 8.99. The lowest BCUT2D eigenvalue weighted by Gasteiger charge is -2.19. The van der Waals surface area contributed by atoms with Gasteiger partial charge in [0.05, 0.1) is 25.0 Å². The lowest BCUT2D eigenvalue weighted by atomic mass is 9.87. The Labute approximate surface area is 208 Å². The van der Waals surface area contributed by atoms with Crippen molar-refractivity contribution in [3.63, 3.8) is 0 Å². The van der Waals surface area contributed by atoms with E-state index in [1.165, 1.54) is 30.5 Å². The van der Waals surface area contributed by atoms with Crippen molar-refractivity contribution in [3.8, 4) is 22.9 Å². The van der Waals surface area contributed by atoms with Crippen LogP contribution >= 0.6 is 11.8 Å². The highest BCUT2D eigenvalue weighted by Gasteiger charge is 2.26. The number of rotatable bonds is 6. The van der Waals surface area contributed by atoms with Crippen LogP contribution in [0.25, 0.3) is 17.5 Å². The highest BCUT2D eigenvalue weighted by Crippen LogP contribution is 2.32. The topological polar surface area (TPSA) is 98.8 Å². The summed E-state index contributed by atoms with van der Waals surface area (Å²) in [5.74, 6) is 0.854. The Balaban J connectivity index is 1.75. The van der Waals surface area contributed by atoms with Crippen molar-refractivity contribution < 1.29 is 19.4 Å². The number of thioether (sulfide) groups is 1. The predicted molar refractivity (Wildman–Crippen MR) is 137 cm³/mol. The highest BCUT2D eigenvalue weighted by atomic mass is 32.2. The van der Waals surface area contributed by atoms with Crippen LogP contribution in [0.3, 0.4) is 0 Å². The number of phenols is 1. The summed E-state index contributed by atoms with van der Waals surface area (Å²) < 4.78 is 12.1. The number of nitrogens with zero attached hydrogens (tertiary/aromatic N) is 4. The fourth-order valence-electron chi connectivity index (χ4n) is 3.59. The number of esters is 1. The Morgan fingerprint density at radius 1 is 1.17 bits per heavy atom. The molecule has 0 atom stereocenters. The van der Waals surface area contributed by atoms with Crippen molar-refractivity contribution in [2.45, 2.75) is 38.3 Å². The SMILES string of the molecule is CCOC(=O)C(=Cc1ccc(OC)c(O)c1)C1=Nn2c(nnc2-c2ccc(C(C)(C)C)cc2)SC1. The van der Waals surface area contributed by atoms with Gasteiger partial charge in [0.2, 0.25) is 5.16 Å². The Kier molecular flexibility index (Phi) is 6.98. The van der Waals surface area contributed by atoms with Crippen molar-refractivity contribution in [2.24, 2.45) is 5.10 Å². The van der Waals surface area contributed by atoms with Gasteiger partial charge >= 0.3 is 5.97 Å². The van der Waals surface area contributed by atoms with Gasteiger partial charge < -0.3 is 14.6 Å². The maximum atomic E-state index is 12.9. The van der Waals surface area contributed by atoms with Crippen molar-refractivity contribution in [2.75, 3.05) is 19.5 Å². The van der Waals surface area contributed by atoms with E-state index in [0.717, 1.165) is 5.56 Å². The van der Waals surface area contributed by atoms with Gasteiger partial charge in [0.15, 0.2) is 17.3 Å². The van der Waals surface area contributed by atoms with Crippen molar-refractivity contribution in [3.05, 3.63) is 59.2 Å². The van der Waals surface area contributed by atoms with Gasteiger partial charge in [-0.25, -0.2) is 4.79 Å². The first-order valence-electron chi connectivity index (χ1n) is 11.2. The van der Waals surface area contributed by atoms with Gasteiger partial charge in [0, 0.05) is 11.3 Å². The average molecular weight is 493 g/mol. The van der Waals surface area contributed by atoms with E-state index in [4.69, 9.17) is 14.6 Å². The van der Waals surface area contributed by atoms with Crippen LogP contribution in [0.4, 0.5) is 0 Å². The molecule has 182 valence electrons. The van der Waals surface area contributed by atoms with E-state index in [1.807, 2.05) is 12.1 Å². The fourth-order valence-corrected chi connectivity index (χ4v) is 4.42. The molecule has 2 aromatic carbocycles. The number of methoxy groups -OCH3 is 1. The zero-order valence-corrected chi connectivity index (χ0v) is 21.2. The van der Waals surface area contributed by atoms with Crippen LogP contribution < -0.4 is 4.74 Å². The first-order valence-corrected chi connectivity index (χ1v) is 12.2. The van der Waals surface area contributed by atoms with Gasteiger partial charge in [-0.05, 0) is 41.7 Å². The molecule has 0 spiro atoms. The number of aromatic hydroxyl groups is 1. The molecule has 0 radical (unpaired) electrons. The van der Waals surface area contributed by atoms with E-state index >= 15 is 0 Å². The summed E-state index contributed by atoms with van der Waals surface area (Å²) in [5, 5.41) is 24.2. The van der Waals surface area contributed by atoms with E-state index in [1.54, 1.807) is 29.8 Å². The molecule has 1 aliphatic rings. The number of carbonyl (C=O) groups excluding carboxylic acids is 1. The molecule has 0 saturated carbocycles. The summed E-state index contributed by atoms with van der Waals surface area (Å²) in [6.45, 7) is 8.48. The van der Waals surface area contributed by atoms with Crippen LogP contribution in [0.5, 0.6) is 11.5 Å². The molecule has 0 amide bonds. The number of hydrogen-bond donors (Lipinski definition) is 1. The number of carbonyl (C=O) groups is 1. The molecule has 0 aliphatic carbocycles. The summed E-state index contributed by atoms with van der Waals surface area (Å²) in [6.07, 6.45) is 1.66. The second kappa shape index (κ2) is 9.95. The molecule has 9 heteroatoms. The Bertz CT molecular complexity index is 1300. The molecule has 0 unspecified atom stereocenters. The van der Waals surface area contributed by atoms with Crippen LogP contribution in [0.1, 0.15) is 38.8 Å². The summed E-state index contributed by atoms with van der Waals surface area (Å²) >= 11 is 1.44. The minimum Gasteiger partial charge on any atom is -0.504 e. The molecule has 0 bridgehead atoms. The number of aromatic nitrogens is 3. The molecule has 0 saturated heterocycles. The molecular formula is C26H28N4O4S. The average Bonchev–Trinajstić information content (AvgIpc) is 3.25. The number of fused-ring (bicyclic) bond motifs is 1. The summed E-state index contributed by atoms with van der Waals surface area (Å²) in [4.78, 5) is 12.9. The third kappa shape index (κ3) is 5.24. The maximum absolute atomic E-state index is 12.9. The second-order valence-corrected chi connectivity index (χ2v) is 9.93. The maximum Gasteiger partial charge on any atom is 0.340 e. The molecule has 35 heavy (non-hydrogen) atoms. The van der Waals surface area contributed by atoms with E-state index in [9.17, 15) is 9.90 Å². The van der Waals surface area contributed by atoms with Crippen LogP contribution in [-0.4, -0.2) is 51.1 Å². The first kappa shape index (κ1) is 24.5. The van der Waals surface area contributed by atoms with Gasteiger partial charge in [-0.2, -0.15) is 9.78 Å². The van der Waals surface area contributed by atoms with Gasteiger partial charge in [-0.15, -0.1) is 10.2 Å². The molecule has 4 rings (SSSR count). The monoisotopic (exact) mass is 492 g/mol. The van der Waals surface area contributed by atoms with Gasteiger partial charge in [0.1, 0.15) is 0 Å². The summed E-state index contributed by atoms with van der Waals surface area (Å²) in [6, 6.07) is 13.1. The van der Waals surface area contributed by atoms with Crippen molar-refractivity contribution in [1.82, 2.24) is 14.9 Å². The number of phenolic OH excluding ortho intramolecular Hbond substituents is 1. The van der Waals surface area contributed by atoms with E-state index in [0.29, 0.717) is 39.3 Å². The third-order valence-electron chi connectivity index (χ3n) is 5.50. The van der Waals surface area contributed by atoms with E-state index in [2.05, 4.69) is 43.1 Å². The van der Waals surface area contributed by atoms with Crippen LogP contribution in [0.2, 0.25) is 0 Å². The normalized spacial score (nSPS) is 13.7. The number of ether oxygens (including phenoxy) is 2. The van der Waals surface area contributed by atoms with Gasteiger partial charge in [0.25, 0.3) is 0 Å². The largest absolute Gasteiger partial charge is 0.504 e. The molecular weight excluding hydrogens is 464 g/mol. The molecule has 8 nitrogen and oxygen atoms in total. The van der Waals surface area contributed by atoms with Crippen molar-refractivity contribution >= 4 is 29.5 Å². The quantitative estimate of drug-likeness (QED) is 0.385. The van der Waals surface area contributed by atoms with Crippen molar-refractivity contribution in [1.29, 1.82) is 0 Å². The predicted octanol–water partition coefficient (Wildman–Crippen LogP) is 4.91. The summed E-state index contributed by atoms with van der Waals surface area (Å²) in [5.41, 5.74) is 3.59. The molecule has 1 aromatic heterocycles. The smallest absolute Gasteiger partial charge is 0.340 e. The molecule has 3 aromatic rings. The highest BCUT2D eigenvalue weighted by molar-refractivity contribution is 7.99. The Morgan fingerprint density at radius 2 is 1.91 bits per heavy atom. The zero-order chi connectivity index (χ0) is 25.2. The molecule has 1 N–H and O–H groups in total. The molecule has 1 aliphatic heterocycles. The van der Waals surface area contributed by atoms with Gasteiger partial charge in [-0.3, -0.25) is 0 Å². The van der Waals surface area contributed by atoms with Crippen LogP contribution in [0.15, 0.2) is 58.3 Å². The molecule has 0 fully saturated rings. The Morgan fingerprint density at radius 3 is 2.54 bits per heavy atom. The standard InChI is InChI=1S/C26H28N4O4S/c1-6-34-24(32)19(13-16-7-12-22(33-5)21(31)14-16)20-15-35-25-28-27-23(30(25)29-20)17-8-10-18(11-9-17)26(2,3)4/h7-14,31H,6,15H2,1-5H3. The first-order chi connectivity index (χ1) is 16.7. The lowest BCUT2D eigenvalue weighted by Crippen LogP contribution is -2.21. The fraction of sp³-hybridized carbons (Fsp3) is 0.308. The number of hydrogen-bond acceptors (Lipinski definition) is 8. The Hall–Kier alpha value is -3.59. The zero-order valence-electron chi connectivity index (χ0n) is 20.4. The van der Waals surface area contributed by atoms with Gasteiger partial charge in [-0.1, -0.05) is 62.9 Å². The minimum absolute atomic E-state index is 0.0218. The number of benzene rings is 2. The van der Waals surface area contributed by atoms with E-state index in [-0.39, 0.29) is 17.8 Å².